The lowest BCUT2D eigenvalue weighted by Crippen LogP contribution is -2.67. The van der Waals surface area contributed by atoms with Crippen LogP contribution in [-0.4, -0.2) is 31.6 Å². The molecule has 2 atom stereocenters. The molecular formula is C33H44O4Si. The van der Waals surface area contributed by atoms with Crippen LogP contribution >= 0.6 is 0 Å². The summed E-state index contributed by atoms with van der Waals surface area (Å²) in [7, 11) is -2.77. The Bertz CT molecular complexity index is 1040. The maximum Gasteiger partial charge on any atom is 0.305 e. The van der Waals surface area contributed by atoms with Crippen molar-refractivity contribution in [2.45, 2.75) is 90.1 Å². The van der Waals surface area contributed by atoms with Crippen LogP contribution in [0.25, 0.3) is 0 Å². The molecule has 0 aliphatic carbocycles. The van der Waals surface area contributed by atoms with Gasteiger partial charge in [0.25, 0.3) is 8.32 Å². The van der Waals surface area contributed by atoms with Crippen molar-refractivity contribution < 1.29 is 19.1 Å². The van der Waals surface area contributed by atoms with Crippen LogP contribution in [0.4, 0.5) is 0 Å². The molecule has 0 radical (unpaired) electrons. The van der Waals surface area contributed by atoms with Gasteiger partial charge in [-0.2, -0.15) is 0 Å². The SMILES string of the molecule is CCCCC[C@H](C[C@H](CC(=O)O)OCc1ccccc1)O[Si](c1ccccc1)(c1ccccc1)C(C)(C)C. The number of aliphatic carboxylic acids is 1. The first-order valence-electron chi connectivity index (χ1n) is 13.9. The van der Waals surface area contributed by atoms with E-state index in [1.165, 1.54) is 10.4 Å². The number of unbranched alkanes of at least 4 members (excludes halogenated alkanes) is 2. The highest BCUT2D eigenvalue weighted by atomic mass is 28.4. The zero-order valence-corrected chi connectivity index (χ0v) is 24.4. The van der Waals surface area contributed by atoms with Crippen LogP contribution in [0.3, 0.4) is 0 Å². The van der Waals surface area contributed by atoms with E-state index < -0.39 is 20.4 Å². The summed E-state index contributed by atoms with van der Waals surface area (Å²) in [4.78, 5) is 11.8. The minimum atomic E-state index is -2.77. The van der Waals surface area contributed by atoms with Gasteiger partial charge in [-0.15, -0.1) is 0 Å². The molecular weight excluding hydrogens is 488 g/mol. The Morgan fingerprint density at radius 1 is 0.816 bits per heavy atom. The summed E-state index contributed by atoms with van der Waals surface area (Å²) in [5.41, 5.74) is 1.04. The normalized spacial score (nSPS) is 13.7. The first-order valence-corrected chi connectivity index (χ1v) is 15.8. The summed E-state index contributed by atoms with van der Waals surface area (Å²) in [6, 6.07) is 31.2. The molecule has 0 bridgehead atoms. The third-order valence-electron chi connectivity index (χ3n) is 7.15. The monoisotopic (exact) mass is 532 g/mol. The molecule has 3 aromatic rings. The third kappa shape index (κ3) is 8.13. The van der Waals surface area contributed by atoms with E-state index >= 15 is 0 Å². The first kappa shape index (κ1) is 29.8. The maximum atomic E-state index is 11.8. The van der Waals surface area contributed by atoms with Gasteiger partial charge in [0.05, 0.1) is 19.1 Å². The van der Waals surface area contributed by atoms with E-state index in [0.29, 0.717) is 13.0 Å². The van der Waals surface area contributed by atoms with Crippen molar-refractivity contribution in [1.29, 1.82) is 0 Å². The van der Waals surface area contributed by atoms with E-state index in [1.807, 2.05) is 30.3 Å². The molecule has 3 aromatic carbocycles. The van der Waals surface area contributed by atoms with Crippen molar-refractivity contribution in [3.05, 3.63) is 96.6 Å². The molecule has 1 N–H and O–H groups in total. The number of carboxylic acids is 1. The van der Waals surface area contributed by atoms with Gasteiger partial charge in [0.2, 0.25) is 0 Å². The summed E-state index contributed by atoms with van der Waals surface area (Å²) in [6.07, 6.45) is 4.12. The fourth-order valence-electron chi connectivity index (χ4n) is 5.27. The van der Waals surface area contributed by atoms with E-state index in [4.69, 9.17) is 9.16 Å². The number of rotatable bonds is 15. The Kier molecular flexibility index (Phi) is 11.3. The Labute approximate surface area is 230 Å². The molecule has 0 aliphatic rings. The van der Waals surface area contributed by atoms with Gasteiger partial charge in [0.1, 0.15) is 0 Å². The minimum Gasteiger partial charge on any atom is -0.481 e. The van der Waals surface area contributed by atoms with Gasteiger partial charge in [-0.25, -0.2) is 0 Å². The lowest BCUT2D eigenvalue weighted by molar-refractivity contribution is -0.141. The Morgan fingerprint density at radius 2 is 1.34 bits per heavy atom. The molecule has 38 heavy (non-hydrogen) atoms. The molecule has 3 rings (SSSR count). The fourth-order valence-corrected chi connectivity index (χ4v) is 10.0. The predicted molar refractivity (Wildman–Crippen MR) is 159 cm³/mol. The quantitative estimate of drug-likeness (QED) is 0.170. The van der Waals surface area contributed by atoms with Crippen LogP contribution < -0.4 is 10.4 Å². The predicted octanol–water partition coefficient (Wildman–Crippen LogP) is 6.96. The average Bonchev–Trinajstić information content (AvgIpc) is 2.91. The van der Waals surface area contributed by atoms with Crippen LogP contribution in [0.15, 0.2) is 91.0 Å². The van der Waals surface area contributed by atoms with Gasteiger partial charge >= 0.3 is 5.97 Å². The molecule has 5 heteroatoms. The topological polar surface area (TPSA) is 55.8 Å². The van der Waals surface area contributed by atoms with Crippen molar-refractivity contribution in [2.75, 3.05) is 0 Å². The third-order valence-corrected chi connectivity index (χ3v) is 12.2. The van der Waals surface area contributed by atoms with E-state index in [1.54, 1.807) is 0 Å². The molecule has 0 aromatic heterocycles. The summed E-state index contributed by atoms with van der Waals surface area (Å²) < 4.78 is 13.7. The number of hydrogen-bond acceptors (Lipinski definition) is 3. The Morgan fingerprint density at radius 3 is 1.82 bits per heavy atom. The summed E-state index contributed by atoms with van der Waals surface area (Å²) in [5.74, 6) is -0.846. The van der Waals surface area contributed by atoms with Crippen LogP contribution in [0.5, 0.6) is 0 Å². The Balaban J connectivity index is 1.99. The van der Waals surface area contributed by atoms with Crippen molar-refractivity contribution >= 4 is 24.7 Å². The van der Waals surface area contributed by atoms with Crippen molar-refractivity contribution in [1.82, 2.24) is 0 Å². The van der Waals surface area contributed by atoms with Crippen LogP contribution in [-0.2, 0) is 20.6 Å². The summed E-state index contributed by atoms with van der Waals surface area (Å²) in [5, 5.41) is 12.0. The molecule has 0 fully saturated rings. The van der Waals surface area contributed by atoms with Gasteiger partial charge in [-0.1, -0.05) is 138 Å². The maximum absolute atomic E-state index is 11.8. The highest BCUT2D eigenvalue weighted by molar-refractivity contribution is 6.99. The number of ether oxygens (including phenoxy) is 1. The van der Waals surface area contributed by atoms with Gasteiger partial charge in [0, 0.05) is 6.10 Å². The highest BCUT2D eigenvalue weighted by Gasteiger charge is 2.51. The van der Waals surface area contributed by atoms with Crippen molar-refractivity contribution in [2.24, 2.45) is 0 Å². The molecule has 0 saturated carbocycles. The Hall–Kier alpha value is -2.73. The molecule has 0 spiro atoms. The van der Waals surface area contributed by atoms with Gasteiger partial charge in [0.15, 0.2) is 0 Å². The van der Waals surface area contributed by atoms with E-state index in [2.05, 4.69) is 88.4 Å². The zero-order chi connectivity index (χ0) is 27.4. The minimum absolute atomic E-state index is 0.0405. The number of carbonyl (C=O) groups is 1. The summed E-state index contributed by atoms with van der Waals surface area (Å²) in [6.45, 7) is 9.43. The molecule has 0 unspecified atom stereocenters. The van der Waals surface area contributed by atoms with Crippen molar-refractivity contribution in [3.63, 3.8) is 0 Å². The van der Waals surface area contributed by atoms with Crippen LogP contribution in [0.1, 0.15) is 71.8 Å². The highest BCUT2D eigenvalue weighted by Crippen LogP contribution is 2.38. The van der Waals surface area contributed by atoms with Gasteiger partial charge in [-0.05, 0) is 33.8 Å². The van der Waals surface area contributed by atoms with E-state index in [-0.39, 0.29) is 17.6 Å². The largest absolute Gasteiger partial charge is 0.481 e. The fraction of sp³-hybridized carbons (Fsp3) is 0.424. The van der Waals surface area contributed by atoms with Gasteiger partial charge < -0.3 is 14.3 Å². The second-order valence-electron chi connectivity index (χ2n) is 11.2. The van der Waals surface area contributed by atoms with Gasteiger partial charge in [-0.3, -0.25) is 4.79 Å². The smallest absolute Gasteiger partial charge is 0.305 e. The van der Waals surface area contributed by atoms with Crippen LogP contribution in [0.2, 0.25) is 5.04 Å². The lowest BCUT2D eigenvalue weighted by Gasteiger charge is -2.45. The molecule has 0 saturated heterocycles. The summed E-state index contributed by atoms with van der Waals surface area (Å²) >= 11 is 0. The number of hydrogen-bond donors (Lipinski definition) is 1. The van der Waals surface area contributed by atoms with Crippen LogP contribution in [0, 0.1) is 0 Å². The second kappa shape index (κ2) is 14.4. The number of carboxylic acid groups (broad SMARTS) is 1. The molecule has 0 aliphatic heterocycles. The standard InChI is InChI=1S/C33H44O4Si/c1-5-6-10-19-28(24-29(25-32(34)35)36-26-27-17-11-7-12-18-27)37-38(33(2,3)4,30-20-13-8-14-21-30)31-22-15-9-16-23-31/h7-9,11-18,20-23,28-29H,5-6,10,19,24-26H2,1-4H3,(H,34,35)/t28-,29-/m1/s1. The second-order valence-corrected chi connectivity index (χ2v) is 15.4. The molecule has 204 valence electrons. The average molecular weight is 533 g/mol. The number of benzene rings is 3. The lowest BCUT2D eigenvalue weighted by atomic mass is 10.0. The first-order chi connectivity index (χ1) is 18.3. The zero-order valence-electron chi connectivity index (χ0n) is 23.4. The van der Waals surface area contributed by atoms with E-state index in [9.17, 15) is 9.90 Å². The molecule has 4 nitrogen and oxygen atoms in total. The van der Waals surface area contributed by atoms with Crippen molar-refractivity contribution in [3.8, 4) is 0 Å². The molecule has 0 heterocycles. The van der Waals surface area contributed by atoms with E-state index in [0.717, 1.165) is 31.2 Å². The molecule has 0 amide bonds.